The monoisotopic (exact) mass is 233 g/mol. The molecule has 17 heavy (non-hydrogen) atoms. The highest BCUT2D eigenvalue weighted by Gasteiger charge is 2.20. The van der Waals surface area contributed by atoms with E-state index in [2.05, 4.69) is 36.1 Å². The minimum atomic E-state index is 0.327. The molecule has 1 saturated heterocycles. The number of piperidine rings is 1. The Balaban J connectivity index is 2.10. The number of aliphatic hydroxyl groups excluding tert-OH is 1. The van der Waals surface area contributed by atoms with Crippen molar-refractivity contribution in [2.24, 2.45) is 5.92 Å². The van der Waals surface area contributed by atoms with Gasteiger partial charge in [-0.25, -0.2) is 0 Å². The van der Waals surface area contributed by atoms with E-state index in [4.69, 9.17) is 5.11 Å². The van der Waals surface area contributed by atoms with Gasteiger partial charge in [-0.2, -0.15) is 0 Å². The Hall–Kier alpha value is -1.02. The SMILES string of the molecule is CCc1ccccc1N1CCCC(CCO)C1. The Morgan fingerprint density at radius 3 is 2.94 bits per heavy atom. The normalized spacial score (nSPS) is 20.6. The molecule has 0 amide bonds. The summed E-state index contributed by atoms with van der Waals surface area (Å²) in [7, 11) is 0. The Kier molecular flexibility index (Phi) is 4.43. The van der Waals surface area contributed by atoms with Gasteiger partial charge in [-0.3, -0.25) is 0 Å². The van der Waals surface area contributed by atoms with Crippen molar-refractivity contribution in [3.8, 4) is 0 Å². The van der Waals surface area contributed by atoms with Crippen molar-refractivity contribution >= 4 is 5.69 Å². The maximum Gasteiger partial charge on any atom is 0.0434 e. The van der Waals surface area contributed by atoms with Gasteiger partial charge in [0.05, 0.1) is 0 Å². The standard InChI is InChI=1S/C15H23NO/c1-2-14-7-3-4-8-15(14)16-10-5-6-13(12-16)9-11-17/h3-4,7-8,13,17H,2,5-6,9-12H2,1H3. The summed E-state index contributed by atoms with van der Waals surface area (Å²) >= 11 is 0. The van der Waals surface area contributed by atoms with Crippen LogP contribution in [0.4, 0.5) is 5.69 Å². The van der Waals surface area contributed by atoms with Crippen LogP contribution in [0.2, 0.25) is 0 Å². The molecule has 0 spiro atoms. The van der Waals surface area contributed by atoms with E-state index in [1.807, 2.05) is 0 Å². The predicted octanol–water partition coefficient (Wildman–Crippen LogP) is 2.85. The number of para-hydroxylation sites is 1. The minimum Gasteiger partial charge on any atom is -0.396 e. The van der Waals surface area contributed by atoms with Crippen LogP contribution in [0.1, 0.15) is 31.7 Å². The molecule has 1 fully saturated rings. The maximum atomic E-state index is 9.06. The quantitative estimate of drug-likeness (QED) is 0.864. The molecule has 0 aromatic heterocycles. The van der Waals surface area contributed by atoms with Gasteiger partial charge in [0.15, 0.2) is 0 Å². The van der Waals surface area contributed by atoms with Crippen LogP contribution in [-0.4, -0.2) is 24.8 Å². The molecule has 0 aliphatic carbocycles. The Morgan fingerprint density at radius 1 is 1.35 bits per heavy atom. The molecule has 1 unspecified atom stereocenters. The maximum absolute atomic E-state index is 9.06. The van der Waals surface area contributed by atoms with Gasteiger partial charge in [0.25, 0.3) is 0 Å². The van der Waals surface area contributed by atoms with Crippen LogP contribution in [0.15, 0.2) is 24.3 Å². The van der Waals surface area contributed by atoms with E-state index in [1.165, 1.54) is 30.6 Å². The molecule has 94 valence electrons. The molecule has 0 saturated carbocycles. The number of nitrogens with zero attached hydrogens (tertiary/aromatic N) is 1. The van der Waals surface area contributed by atoms with Crippen LogP contribution >= 0.6 is 0 Å². The Bertz CT molecular complexity index is 349. The summed E-state index contributed by atoms with van der Waals surface area (Å²) in [5, 5.41) is 9.06. The lowest BCUT2D eigenvalue weighted by molar-refractivity contribution is 0.244. The fraction of sp³-hybridized carbons (Fsp3) is 0.600. The summed E-state index contributed by atoms with van der Waals surface area (Å²) in [6.07, 6.45) is 4.57. The predicted molar refractivity (Wildman–Crippen MR) is 72.5 cm³/mol. The zero-order valence-electron chi connectivity index (χ0n) is 10.7. The smallest absolute Gasteiger partial charge is 0.0434 e. The molecule has 1 aromatic rings. The fourth-order valence-corrected chi connectivity index (χ4v) is 2.82. The number of aliphatic hydroxyl groups is 1. The lowest BCUT2D eigenvalue weighted by Gasteiger charge is -2.35. The highest BCUT2D eigenvalue weighted by molar-refractivity contribution is 5.54. The second kappa shape index (κ2) is 6.06. The third-order valence-electron chi connectivity index (χ3n) is 3.77. The van der Waals surface area contributed by atoms with Gasteiger partial charge >= 0.3 is 0 Å². The second-order valence-corrected chi connectivity index (χ2v) is 4.95. The van der Waals surface area contributed by atoms with Crippen molar-refractivity contribution in [1.29, 1.82) is 0 Å². The molecular weight excluding hydrogens is 210 g/mol. The third kappa shape index (κ3) is 3.01. The second-order valence-electron chi connectivity index (χ2n) is 4.95. The van der Waals surface area contributed by atoms with E-state index in [1.54, 1.807) is 0 Å². The van der Waals surface area contributed by atoms with Gasteiger partial charge in [-0.05, 0) is 43.2 Å². The van der Waals surface area contributed by atoms with Crippen LogP contribution in [0, 0.1) is 5.92 Å². The molecule has 2 heteroatoms. The van der Waals surface area contributed by atoms with Crippen molar-refractivity contribution in [2.45, 2.75) is 32.6 Å². The minimum absolute atomic E-state index is 0.327. The van der Waals surface area contributed by atoms with Crippen molar-refractivity contribution in [3.63, 3.8) is 0 Å². The molecule has 2 nitrogen and oxygen atoms in total. The number of benzene rings is 1. The molecule has 1 aliphatic heterocycles. The topological polar surface area (TPSA) is 23.5 Å². The average Bonchev–Trinajstić information content (AvgIpc) is 2.39. The Labute approximate surface area is 104 Å². The molecule has 1 N–H and O–H groups in total. The van der Waals surface area contributed by atoms with E-state index < -0.39 is 0 Å². The molecule has 1 heterocycles. The van der Waals surface area contributed by atoms with Crippen LogP contribution in [-0.2, 0) is 6.42 Å². The van der Waals surface area contributed by atoms with Crippen molar-refractivity contribution in [2.75, 3.05) is 24.6 Å². The van der Waals surface area contributed by atoms with Gasteiger partial charge in [0.2, 0.25) is 0 Å². The van der Waals surface area contributed by atoms with Crippen molar-refractivity contribution in [1.82, 2.24) is 0 Å². The van der Waals surface area contributed by atoms with Gasteiger partial charge in [0.1, 0.15) is 0 Å². The number of anilines is 1. The van der Waals surface area contributed by atoms with Crippen LogP contribution in [0.5, 0.6) is 0 Å². The van der Waals surface area contributed by atoms with Gasteiger partial charge in [-0.15, -0.1) is 0 Å². The highest BCUT2D eigenvalue weighted by atomic mass is 16.3. The van der Waals surface area contributed by atoms with Gasteiger partial charge in [-0.1, -0.05) is 25.1 Å². The first kappa shape index (κ1) is 12.4. The third-order valence-corrected chi connectivity index (χ3v) is 3.77. The summed E-state index contributed by atoms with van der Waals surface area (Å²) in [5.74, 6) is 0.665. The lowest BCUT2D eigenvalue weighted by atomic mass is 9.94. The largest absolute Gasteiger partial charge is 0.396 e. The first-order valence-corrected chi connectivity index (χ1v) is 6.79. The molecule has 0 radical (unpaired) electrons. The van der Waals surface area contributed by atoms with Crippen molar-refractivity contribution < 1.29 is 5.11 Å². The first-order chi connectivity index (χ1) is 8.35. The number of rotatable bonds is 4. The van der Waals surface area contributed by atoms with Crippen LogP contribution < -0.4 is 4.90 Å². The zero-order valence-corrected chi connectivity index (χ0v) is 10.7. The van der Waals surface area contributed by atoms with Crippen LogP contribution in [0.3, 0.4) is 0 Å². The summed E-state index contributed by atoms with van der Waals surface area (Å²) in [5.41, 5.74) is 2.84. The molecule has 1 aliphatic rings. The molecule has 1 aromatic carbocycles. The summed E-state index contributed by atoms with van der Waals surface area (Å²) < 4.78 is 0. The first-order valence-electron chi connectivity index (χ1n) is 6.79. The van der Waals surface area contributed by atoms with Crippen LogP contribution in [0.25, 0.3) is 0 Å². The van der Waals surface area contributed by atoms with Gasteiger partial charge in [0, 0.05) is 25.4 Å². The summed E-state index contributed by atoms with van der Waals surface area (Å²) in [6.45, 7) is 4.82. The molecule has 2 rings (SSSR count). The molecular formula is C15H23NO. The number of hydrogen-bond donors (Lipinski definition) is 1. The van der Waals surface area contributed by atoms with E-state index in [0.29, 0.717) is 12.5 Å². The average molecular weight is 233 g/mol. The lowest BCUT2D eigenvalue weighted by Crippen LogP contribution is -2.36. The van der Waals surface area contributed by atoms with E-state index in [-0.39, 0.29) is 0 Å². The molecule has 1 atom stereocenters. The number of aryl methyl sites for hydroxylation is 1. The van der Waals surface area contributed by atoms with Gasteiger partial charge < -0.3 is 10.0 Å². The van der Waals surface area contributed by atoms with E-state index in [0.717, 1.165) is 19.4 Å². The van der Waals surface area contributed by atoms with E-state index in [9.17, 15) is 0 Å². The van der Waals surface area contributed by atoms with E-state index >= 15 is 0 Å². The fourth-order valence-electron chi connectivity index (χ4n) is 2.82. The summed E-state index contributed by atoms with van der Waals surface area (Å²) in [6, 6.07) is 8.72. The van der Waals surface area contributed by atoms with Crippen molar-refractivity contribution in [3.05, 3.63) is 29.8 Å². The Morgan fingerprint density at radius 2 is 2.18 bits per heavy atom. The number of hydrogen-bond acceptors (Lipinski definition) is 2. The molecule has 0 bridgehead atoms. The zero-order chi connectivity index (χ0) is 12.1. The summed E-state index contributed by atoms with van der Waals surface area (Å²) in [4.78, 5) is 2.50. The highest BCUT2D eigenvalue weighted by Crippen LogP contribution is 2.27.